The summed E-state index contributed by atoms with van der Waals surface area (Å²) in [6.07, 6.45) is 5.20. The maximum atomic E-state index is 12.8. The highest BCUT2D eigenvalue weighted by Crippen LogP contribution is 2.26. The van der Waals surface area contributed by atoms with Gasteiger partial charge in [0, 0.05) is 32.2 Å². The number of carbonyl (C=O) groups excluding carboxylic acids is 1. The molecule has 1 aliphatic carbocycles. The van der Waals surface area contributed by atoms with Crippen LogP contribution in [0.15, 0.2) is 29.2 Å². The third-order valence-corrected chi connectivity index (χ3v) is 6.78. The van der Waals surface area contributed by atoms with E-state index in [9.17, 15) is 13.2 Å². The molecule has 2 rings (SSSR count). The van der Waals surface area contributed by atoms with Gasteiger partial charge in [-0.15, -0.1) is 0 Å². The van der Waals surface area contributed by atoms with Gasteiger partial charge in [-0.1, -0.05) is 33.1 Å². The first-order chi connectivity index (χ1) is 11.7. The number of carbonyl (C=O) groups is 1. The van der Waals surface area contributed by atoms with E-state index in [1.807, 2.05) is 0 Å². The van der Waals surface area contributed by atoms with Crippen LogP contribution in [0, 0.1) is 5.92 Å². The molecule has 0 aromatic heterocycles. The highest BCUT2D eigenvalue weighted by atomic mass is 32.2. The maximum Gasteiger partial charge on any atom is 0.253 e. The van der Waals surface area contributed by atoms with Gasteiger partial charge in [-0.2, -0.15) is 4.31 Å². The molecule has 1 aromatic carbocycles. The van der Waals surface area contributed by atoms with Gasteiger partial charge in [-0.05, 0) is 43.0 Å². The molecule has 1 aromatic rings. The van der Waals surface area contributed by atoms with Crippen molar-refractivity contribution in [1.29, 1.82) is 0 Å². The fourth-order valence-corrected chi connectivity index (χ4v) is 4.84. The van der Waals surface area contributed by atoms with Crippen molar-refractivity contribution in [2.24, 2.45) is 5.92 Å². The Bertz CT molecular complexity index is 677. The molecule has 25 heavy (non-hydrogen) atoms. The lowest BCUT2D eigenvalue weighted by atomic mass is 9.96. The summed E-state index contributed by atoms with van der Waals surface area (Å²) in [5, 5.41) is 0. The van der Waals surface area contributed by atoms with Crippen LogP contribution in [0.4, 0.5) is 0 Å². The zero-order valence-corrected chi connectivity index (χ0v) is 16.6. The van der Waals surface area contributed by atoms with Crippen molar-refractivity contribution in [2.75, 3.05) is 20.6 Å². The van der Waals surface area contributed by atoms with E-state index < -0.39 is 10.0 Å². The molecule has 1 saturated carbocycles. The smallest absolute Gasteiger partial charge is 0.253 e. The lowest BCUT2D eigenvalue weighted by Crippen LogP contribution is -2.38. The predicted octanol–water partition coefficient (Wildman–Crippen LogP) is 3.37. The number of rotatable bonds is 6. The summed E-state index contributed by atoms with van der Waals surface area (Å²) >= 11 is 0. The second-order valence-electron chi connectivity index (χ2n) is 7.42. The quantitative estimate of drug-likeness (QED) is 0.776. The maximum absolute atomic E-state index is 12.8. The number of benzene rings is 1. The van der Waals surface area contributed by atoms with Crippen molar-refractivity contribution < 1.29 is 13.2 Å². The summed E-state index contributed by atoms with van der Waals surface area (Å²) in [4.78, 5) is 14.3. The van der Waals surface area contributed by atoms with Gasteiger partial charge in [0.05, 0.1) is 4.90 Å². The molecule has 0 heterocycles. The van der Waals surface area contributed by atoms with Crippen molar-refractivity contribution >= 4 is 15.9 Å². The van der Waals surface area contributed by atoms with Crippen LogP contribution in [0.2, 0.25) is 0 Å². The van der Waals surface area contributed by atoms with Crippen LogP contribution in [-0.2, 0) is 10.0 Å². The second-order valence-corrected chi connectivity index (χ2v) is 9.41. The van der Waals surface area contributed by atoms with Crippen LogP contribution >= 0.6 is 0 Å². The summed E-state index contributed by atoms with van der Waals surface area (Å²) < 4.78 is 27.2. The first kappa shape index (κ1) is 19.9. The van der Waals surface area contributed by atoms with Gasteiger partial charge in [-0.25, -0.2) is 8.42 Å². The Hall–Kier alpha value is -1.40. The van der Waals surface area contributed by atoms with Gasteiger partial charge in [-0.3, -0.25) is 4.79 Å². The van der Waals surface area contributed by atoms with E-state index in [1.165, 1.54) is 10.7 Å². The lowest BCUT2D eigenvalue weighted by molar-refractivity contribution is 0.0779. The Morgan fingerprint density at radius 1 is 1.08 bits per heavy atom. The van der Waals surface area contributed by atoms with Gasteiger partial charge in [0.15, 0.2) is 0 Å². The topological polar surface area (TPSA) is 57.7 Å². The molecule has 0 radical (unpaired) electrons. The average molecular weight is 367 g/mol. The van der Waals surface area contributed by atoms with Crippen molar-refractivity contribution in [2.45, 2.75) is 56.9 Å². The Morgan fingerprint density at radius 3 is 2.16 bits per heavy atom. The first-order valence-corrected chi connectivity index (χ1v) is 10.5. The third kappa shape index (κ3) is 4.82. The van der Waals surface area contributed by atoms with Gasteiger partial charge in [0.1, 0.15) is 0 Å². The minimum absolute atomic E-state index is 0.0808. The zero-order chi connectivity index (χ0) is 18.6. The van der Waals surface area contributed by atoms with E-state index in [2.05, 4.69) is 13.8 Å². The highest BCUT2D eigenvalue weighted by Gasteiger charge is 2.29. The third-order valence-electron chi connectivity index (χ3n) is 4.85. The molecule has 0 N–H and O–H groups in total. The number of hydrogen-bond acceptors (Lipinski definition) is 3. The summed E-state index contributed by atoms with van der Waals surface area (Å²) in [7, 11) is -0.0767. The summed E-state index contributed by atoms with van der Waals surface area (Å²) in [5.74, 6) is 0.302. The minimum Gasteiger partial charge on any atom is -0.341 e. The molecule has 1 fully saturated rings. The van der Waals surface area contributed by atoms with E-state index in [0.717, 1.165) is 25.7 Å². The molecular formula is C19H30N2O3S. The summed E-state index contributed by atoms with van der Waals surface area (Å²) in [6.45, 7) is 4.78. The molecule has 0 atom stereocenters. The number of sulfonamides is 1. The van der Waals surface area contributed by atoms with E-state index in [4.69, 9.17) is 0 Å². The molecule has 0 saturated heterocycles. The van der Waals surface area contributed by atoms with E-state index in [1.54, 1.807) is 43.3 Å². The van der Waals surface area contributed by atoms with Crippen LogP contribution in [-0.4, -0.2) is 50.2 Å². The Labute approximate surface area is 152 Å². The SMILES string of the molecule is CC(C)CN(C)C(=O)c1ccc(S(=O)(=O)N(C)C2CCCCC2)cc1. The highest BCUT2D eigenvalue weighted by molar-refractivity contribution is 7.89. The average Bonchev–Trinajstić information content (AvgIpc) is 2.60. The van der Waals surface area contributed by atoms with Crippen LogP contribution in [0.3, 0.4) is 0 Å². The van der Waals surface area contributed by atoms with Crippen LogP contribution < -0.4 is 0 Å². The molecule has 140 valence electrons. The molecule has 1 amide bonds. The fraction of sp³-hybridized carbons (Fsp3) is 0.632. The molecular weight excluding hydrogens is 336 g/mol. The molecule has 5 nitrogen and oxygen atoms in total. The summed E-state index contributed by atoms with van der Waals surface area (Å²) in [6, 6.07) is 6.40. The van der Waals surface area contributed by atoms with Gasteiger partial charge < -0.3 is 4.90 Å². The Kier molecular flexibility index (Phi) is 6.63. The van der Waals surface area contributed by atoms with E-state index >= 15 is 0 Å². The van der Waals surface area contributed by atoms with Crippen LogP contribution in [0.5, 0.6) is 0 Å². The molecule has 0 unspecified atom stereocenters. The fourth-order valence-electron chi connectivity index (χ4n) is 3.43. The normalized spacial score (nSPS) is 16.4. The Balaban J connectivity index is 2.13. The number of amides is 1. The first-order valence-electron chi connectivity index (χ1n) is 9.07. The van der Waals surface area contributed by atoms with Gasteiger partial charge in [0.25, 0.3) is 5.91 Å². The monoisotopic (exact) mass is 366 g/mol. The standard InChI is InChI=1S/C19H30N2O3S/c1-15(2)14-20(3)19(22)16-10-12-18(13-11-16)25(23,24)21(4)17-8-6-5-7-9-17/h10-13,15,17H,5-9,14H2,1-4H3. The molecule has 0 bridgehead atoms. The van der Waals surface area contributed by atoms with Crippen molar-refractivity contribution in [3.63, 3.8) is 0 Å². The number of hydrogen-bond donors (Lipinski definition) is 0. The number of nitrogens with zero attached hydrogens (tertiary/aromatic N) is 2. The largest absolute Gasteiger partial charge is 0.341 e. The second kappa shape index (κ2) is 8.32. The molecule has 0 aliphatic heterocycles. The predicted molar refractivity (Wildman–Crippen MR) is 100 cm³/mol. The zero-order valence-electron chi connectivity index (χ0n) is 15.7. The van der Waals surface area contributed by atoms with Gasteiger partial charge >= 0.3 is 0 Å². The van der Waals surface area contributed by atoms with E-state index in [0.29, 0.717) is 18.0 Å². The van der Waals surface area contributed by atoms with Crippen molar-refractivity contribution in [1.82, 2.24) is 9.21 Å². The van der Waals surface area contributed by atoms with Crippen molar-refractivity contribution in [3.05, 3.63) is 29.8 Å². The van der Waals surface area contributed by atoms with Gasteiger partial charge in [0.2, 0.25) is 10.0 Å². The Morgan fingerprint density at radius 2 is 1.64 bits per heavy atom. The van der Waals surface area contributed by atoms with Crippen molar-refractivity contribution in [3.8, 4) is 0 Å². The van der Waals surface area contributed by atoms with Crippen LogP contribution in [0.25, 0.3) is 0 Å². The minimum atomic E-state index is -3.51. The van der Waals surface area contributed by atoms with Crippen LogP contribution in [0.1, 0.15) is 56.3 Å². The van der Waals surface area contributed by atoms with E-state index in [-0.39, 0.29) is 16.8 Å². The summed E-state index contributed by atoms with van der Waals surface area (Å²) in [5.41, 5.74) is 0.516. The molecule has 6 heteroatoms. The molecule has 1 aliphatic rings. The molecule has 0 spiro atoms. The lowest BCUT2D eigenvalue weighted by Gasteiger charge is -2.30.